The van der Waals surface area contributed by atoms with Crippen LogP contribution in [-0.4, -0.2) is 11.5 Å². The number of fused-ring (bicyclic) bond motifs is 6. The molecule has 216 valence electrons. The van der Waals surface area contributed by atoms with Gasteiger partial charge in [-0.25, -0.2) is 0 Å². The van der Waals surface area contributed by atoms with Crippen molar-refractivity contribution in [2.24, 2.45) is 0 Å². The van der Waals surface area contributed by atoms with E-state index in [1.165, 1.54) is 49.9 Å². The summed E-state index contributed by atoms with van der Waals surface area (Å²) in [4.78, 5) is 2.48. The lowest BCUT2D eigenvalue weighted by atomic mass is 9.49. The molecule has 0 N–H and O–H groups in total. The predicted octanol–water partition coefficient (Wildman–Crippen LogP) is 9.17. The molecule has 0 atom stereocenters. The Bertz CT molecular complexity index is 2060. The molecule has 0 unspecified atom stereocenters. The van der Waals surface area contributed by atoms with Crippen LogP contribution in [0.5, 0.6) is 5.75 Å². The van der Waals surface area contributed by atoms with Crippen molar-refractivity contribution in [1.29, 1.82) is 0 Å². The minimum absolute atomic E-state index is 0.0146. The highest BCUT2D eigenvalue weighted by Crippen LogP contribution is 2.47. The minimum Gasteiger partial charge on any atom is -0.551 e. The molecule has 0 bridgehead atoms. The molecular weight excluding hydrogens is 535 g/mol. The molecule has 2 aliphatic rings. The van der Waals surface area contributed by atoms with Crippen molar-refractivity contribution in [1.82, 2.24) is 4.57 Å². The van der Waals surface area contributed by atoms with Gasteiger partial charge in [-0.1, -0.05) is 102 Å². The minimum atomic E-state index is -0.207. The van der Waals surface area contributed by atoms with Gasteiger partial charge in [0.1, 0.15) is 5.75 Å². The smallest absolute Gasteiger partial charge is 0.431 e. The summed E-state index contributed by atoms with van der Waals surface area (Å²) in [6, 6.07) is 40.0. The van der Waals surface area contributed by atoms with E-state index in [0.717, 1.165) is 22.7 Å². The lowest BCUT2D eigenvalue weighted by molar-refractivity contribution is 0.585. The van der Waals surface area contributed by atoms with Gasteiger partial charge in [-0.15, -0.1) is 0 Å². The van der Waals surface area contributed by atoms with Gasteiger partial charge >= 0.3 is 6.92 Å². The van der Waals surface area contributed by atoms with Crippen molar-refractivity contribution in [3.05, 3.63) is 127 Å². The molecule has 8 rings (SSSR count). The zero-order valence-electron chi connectivity index (χ0n) is 26.3. The van der Waals surface area contributed by atoms with E-state index < -0.39 is 0 Å². The number of aromatic nitrogens is 1. The first-order valence-electron chi connectivity index (χ1n) is 15.6. The van der Waals surface area contributed by atoms with Gasteiger partial charge in [-0.05, 0) is 81.5 Å². The van der Waals surface area contributed by atoms with E-state index in [4.69, 9.17) is 4.65 Å². The topological polar surface area (TPSA) is 17.4 Å². The molecule has 1 aromatic heterocycles. The van der Waals surface area contributed by atoms with E-state index in [2.05, 4.69) is 166 Å². The summed E-state index contributed by atoms with van der Waals surface area (Å²) in [7, 11) is 0. The SMILES string of the molecule is CC(C)(C)c1ccc(N2c3ccc(C(C)(C)C)cc3B3Oc4ccccc4-c4cc5c(ccn5-c5ccccc5)c2c43)cc1. The number of anilines is 3. The molecule has 0 amide bonds. The number of rotatable bonds is 2. The third-order valence-electron chi connectivity index (χ3n) is 9.36. The van der Waals surface area contributed by atoms with Crippen LogP contribution < -0.4 is 20.5 Å². The van der Waals surface area contributed by atoms with Crippen LogP contribution in [0.1, 0.15) is 52.7 Å². The van der Waals surface area contributed by atoms with E-state index in [1.54, 1.807) is 0 Å². The summed E-state index contributed by atoms with van der Waals surface area (Å²) in [5.41, 5.74) is 13.4. The third-order valence-corrected chi connectivity index (χ3v) is 9.36. The van der Waals surface area contributed by atoms with Crippen LogP contribution in [0, 0.1) is 0 Å². The molecule has 4 heteroatoms. The molecule has 0 spiro atoms. The maximum absolute atomic E-state index is 6.99. The lowest BCUT2D eigenvalue weighted by Gasteiger charge is -2.41. The summed E-state index contributed by atoms with van der Waals surface area (Å²) in [5.74, 6) is 0.934. The predicted molar refractivity (Wildman–Crippen MR) is 186 cm³/mol. The van der Waals surface area contributed by atoms with E-state index >= 15 is 0 Å². The zero-order chi connectivity index (χ0) is 30.4. The van der Waals surface area contributed by atoms with Gasteiger partial charge < -0.3 is 14.1 Å². The number of para-hydroxylation sites is 2. The van der Waals surface area contributed by atoms with Crippen LogP contribution in [0.25, 0.3) is 27.7 Å². The molecule has 0 radical (unpaired) electrons. The Labute approximate surface area is 260 Å². The molecule has 5 aromatic carbocycles. The summed E-state index contributed by atoms with van der Waals surface area (Å²) >= 11 is 0. The van der Waals surface area contributed by atoms with Crippen LogP contribution in [0.15, 0.2) is 115 Å². The Hall–Kier alpha value is -4.70. The second-order valence-corrected chi connectivity index (χ2v) is 14.3. The Morgan fingerprint density at radius 2 is 1.30 bits per heavy atom. The number of hydrogen-bond donors (Lipinski definition) is 0. The first kappa shape index (κ1) is 26.9. The van der Waals surface area contributed by atoms with E-state index in [9.17, 15) is 0 Å². The second kappa shape index (κ2) is 9.40. The fraction of sp³-hybridized carbons (Fsp3) is 0.200. The number of nitrogens with zero attached hydrogens (tertiary/aromatic N) is 2. The standard InChI is InChI=1S/C40H37BN2O/c1-39(2,3)26-16-19-29(20-17-26)43-34-21-18-27(40(4,5)6)24-33(34)41-37-32(30-14-10-11-15-36(30)44-41)25-35-31(38(37)43)22-23-42(35)28-12-8-7-9-13-28/h7-25H,1-6H3. The van der Waals surface area contributed by atoms with E-state index in [1.807, 2.05) is 0 Å². The Kier molecular flexibility index (Phi) is 5.75. The van der Waals surface area contributed by atoms with Crippen molar-refractivity contribution >= 4 is 45.8 Å². The van der Waals surface area contributed by atoms with Gasteiger partial charge in [0, 0.05) is 39.7 Å². The largest absolute Gasteiger partial charge is 0.551 e. The molecule has 0 aliphatic carbocycles. The summed E-state index contributed by atoms with van der Waals surface area (Å²) in [6.45, 7) is 13.5. The van der Waals surface area contributed by atoms with E-state index in [-0.39, 0.29) is 17.7 Å². The average Bonchev–Trinajstić information content (AvgIpc) is 3.44. The monoisotopic (exact) mass is 572 g/mol. The van der Waals surface area contributed by atoms with Crippen LogP contribution in [0.3, 0.4) is 0 Å². The number of benzene rings is 5. The first-order chi connectivity index (χ1) is 21.1. The Balaban J connectivity index is 1.48. The molecule has 3 heterocycles. The molecule has 0 saturated carbocycles. The normalized spacial score (nSPS) is 13.8. The van der Waals surface area contributed by atoms with Gasteiger partial charge in [0.15, 0.2) is 0 Å². The number of hydrogen-bond acceptors (Lipinski definition) is 2. The molecule has 2 aliphatic heterocycles. The van der Waals surface area contributed by atoms with Crippen molar-refractivity contribution in [3.8, 4) is 22.6 Å². The molecular formula is C40H37BN2O. The molecule has 3 nitrogen and oxygen atoms in total. The van der Waals surface area contributed by atoms with Crippen molar-refractivity contribution in [2.75, 3.05) is 4.90 Å². The maximum atomic E-state index is 6.99. The van der Waals surface area contributed by atoms with Crippen LogP contribution in [-0.2, 0) is 10.8 Å². The van der Waals surface area contributed by atoms with Crippen molar-refractivity contribution in [3.63, 3.8) is 0 Å². The Morgan fingerprint density at radius 1 is 0.614 bits per heavy atom. The van der Waals surface area contributed by atoms with Crippen LogP contribution >= 0.6 is 0 Å². The summed E-state index contributed by atoms with van der Waals surface area (Å²) in [6.07, 6.45) is 2.21. The maximum Gasteiger partial charge on any atom is 0.431 e. The zero-order valence-corrected chi connectivity index (χ0v) is 26.3. The fourth-order valence-electron chi connectivity index (χ4n) is 6.95. The highest BCUT2D eigenvalue weighted by atomic mass is 16.4. The van der Waals surface area contributed by atoms with Crippen LogP contribution in [0.4, 0.5) is 17.1 Å². The average molecular weight is 573 g/mol. The van der Waals surface area contributed by atoms with Crippen molar-refractivity contribution < 1.29 is 4.65 Å². The highest BCUT2D eigenvalue weighted by molar-refractivity contribution is 6.86. The third kappa shape index (κ3) is 4.04. The van der Waals surface area contributed by atoms with Gasteiger partial charge in [0.2, 0.25) is 0 Å². The van der Waals surface area contributed by atoms with E-state index in [0.29, 0.717) is 0 Å². The van der Waals surface area contributed by atoms with Gasteiger partial charge in [0.05, 0.1) is 11.2 Å². The molecule has 0 fully saturated rings. The first-order valence-corrected chi connectivity index (χ1v) is 15.6. The highest BCUT2D eigenvalue weighted by Gasteiger charge is 2.44. The molecule has 6 aromatic rings. The fourth-order valence-corrected chi connectivity index (χ4v) is 6.95. The molecule has 44 heavy (non-hydrogen) atoms. The van der Waals surface area contributed by atoms with Crippen LogP contribution in [0.2, 0.25) is 0 Å². The Morgan fingerprint density at radius 3 is 2.02 bits per heavy atom. The van der Waals surface area contributed by atoms with Gasteiger partial charge in [0.25, 0.3) is 0 Å². The second-order valence-electron chi connectivity index (χ2n) is 14.3. The van der Waals surface area contributed by atoms with Crippen molar-refractivity contribution in [2.45, 2.75) is 52.4 Å². The summed E-state index contributed by atoms with van der Waals surface area (Å²) < 4.78 is 9.31. The quantitative estimate of drug-likeness (QED) is 0.193. The van der Waals surface area contributed by atoms with Gasteiger partial charge in [-0.3, -0.25) is 0 Å². The lowest BCUT2D eigenvalue weighted by Crippen LogP contribution is -2.56. The van der Waals surface area contributed by atoms with Gasteiger partial charge in [-0.2, -0.15) is 0 Å². The summed E-state index contributed by atoms with van der Waals surface area (Å²) in [5, 5.41) is 1.21. The molecule has 0 saturated heterocycles.